The fourth-order valence-electron chi connectivity index (χ4n) is 3.20. The molecule has 2 aromatic heterocycles. The largest absolute Gasteiger partial charge is 0.437 e. The van der Waals surface area contributed by atoms with Gasteiger partial charge in [-0.3, -0.25) is 0 Å². The molecule has 0 amide bonds. The van der Waals surface area contributed by atoms with E-state index in [1.54, 1.807) is 25.2 Å². The summed E-state index contributed by atoms with van der Waals surface area (Å²) < 4.78 is 68.8. The van der Waals surface area contributed by atoms with Gasteiger partial charge in [0.05, 0.1) is 17.4 Å². The van der Waals surface area contributed by atoms with Crippen molar-refractivity contribution in [3.05, 3.63) is 42.5 Å². The molecule has 154 valence electrons. The van der Waals surface area contributed by atoms with Gasteiger partial charge in [0.25, 0.3) is 10.0 Å². The Bertz CT molecular complexity index is 1150. The summed E-state index contributed by atoms with van der Waals surface area (Å²) in [5, 5.41) is -0.0880. The molecule has 0 N–H and O–H groups in total. The second-order valence-corrected chi connectivity index (χ2v) is 8.54. The lowest BCUT2D eigenvalue weighted by Crippen LogP contribution is -2.49. The number of para-hydroxylation sites is 2. The maximum Gasteiger partial charge on any atom is 0.437 e. The number of nitrogens with zero attached hydrogens (tertiary/aromatic N) is 6. The zero-order valence-corrected chi connectivity index (χ0v) is 16.2. The van der Waals surface area contributed by atoms with Crippen molar-refractivity contribution in [2.75, 3.05) is 31.1 Å². The standard InChI is InChI=1S/C17H17F3N6O2S/c1-24-10-14(21-11-24)29(27,28)26-8-6-25(7-9-26)16-15(17(18,19)20)22-12-4-2-3-5-13(12)23-16/h2-5,10-11H,6-9H2,1H3. The predicted octanol–water partition coefficient (Wildman–Crippen LogP) is 1.89. The molecule has 1 aliphatic heterocycles. The molecule has 8 nitrogen and oxygen atoms in total. The van der Waals surface area contributed by atoms with E-state index < -0.39 is 21.9 Å². The maximum atomic E-state index is 13.6. The van der Waals surface area contributed by atoms with Gasteiger partial charge in [-0.2, -0.15) is 17.5 Å². The smallest absolute Gasteiger partial charge is 0.352 e. The molecule has 0 saturated carbocycles. The molecular formula is C17H17F3N6O2S. The summed E-state index contributed by atoms with van der Waals surface area (Å²) in [4.78, 5) is 13.2. The van der Waals surface area contributed by atoms with Gasteiger partial charge in [0.2, 0.25) is 0 Å². The number of piperazine rings is 1. The van der Waals surface area contributed by atoms with Crippen LogP contribution in [0, 0.1) is 0 Å². The van der Waals surface area contributed by atoms with Crippen LogP contribution in [0.15, 0.2) is 41.8 Å². The molecule has 0 bridgehead atoms. The van der Waals surface area contributed by atoms with Crippen molar-refractivity contribution < 1.29 is 21.6 Å². The number of rotatable bonds is 3. The first-order valence-corrected chi connectivity index (χ1v) is 10.2. The Morgan fingerprint density at radius 3 is 2.17 bits per heavy atom. The lowest BCUT2D eigenvalue weighted by Gasteiger charge is -2.35. The topological polar surface area (TPSA) is 84.2 Å². The highest BCUT2D eigenvalue weighted by Crippen LogP contribution is 2.35. The number of aryl methyl sites for hydroxylation is 1. The van der Waals surface area contributed by atoms with Crippen molar-refractivity contribution in [1.82, 2.24) is 23.8 Å². The van der Waals surface area contributed by atoms with Gasteiger partial charge in [0.1, 0.15) is 0 Å². The van der Waals surface area contributed by atoms with Gasteiger partial charge in [-0.15, -0.1) is 0 Å². The first kappa shape index (κ1) is 19.6. The molecule has 12 heteroatoms. The molecule has 1 saturated heterocycles. The molecule has 1 aliphatic rings. The quantitative estimate of drug-likeness (QED) is 0.636. The molecule has 3 aromatic rings. The molecule has 4 rings (SSSR count). The van der Waals surface area contributed by atoms with Crippen molar-refractivity contribution >= 4 is 26.9 Å². The van der Waals surface area contributed by atoms with Gasteiger partial charge in [-0.05, 0) is 12.1 Å². The monoisotopic (exact) mass is 426 g/mol. The first-order chi connectivity index (χ1) is 13.7. The van der Waals surface area contributed by atoms with Crippen molar-refractivity contribution in [1.29, 1.82) is 0 Å². The number of halogens is 3. The Kier molecular flexibility index (Phi) is 4.69. The van der Waals surface area contributed by atoms with Crippen LogP contribution < -0.4 is 4.90 Å². The van der Waals surface area contributed by atoms with Gasteiger partial charge in [0, 0.05) is 39.4 Å². The Hall–Kier alpha value is -2.73. The number of imidazole rings is 1. The number of hydrogen-bond donors (Lipinski definition) is 0. The fraction of sp³-hybridized carbons (Fsp3) is 0.353. The zero-order chi connectivity index (χ0) is 20.8. The average molecular weight is 426 g/mol. The Balaban J connectivity index is 1.62. The van der Waals surface area contributed by atoms with Crippen LogP contribution in [0.25, 0.3) is 11.0 Å². The van der Waals surface area contributed by atoms with Crippen LogP contribution in [-0.2, 0) is 23.2 Å². The lowest BCUT2D eigenvalue weighted by molar-refractivity contribution is -0.140. The molecule has 0 atom stereocenters. The lowest BCUT2D eigenvalue weighted by atomic mass is 10.2. The Morgan fingerprint density at radius 2 is 1.62 bits per heavy atom. The van der Waals surface area contributed by atoms with Crippen LogP contribution in [0.5, 0.6) is 0 Å². The minimum atomic E-state index is -4.68. The molecule has 0 radical (unpaired) electrons. The minimum absolute atomic E-state index is 0.0186. The Labute approximate surface area is 164 Å². The van der Waals surface area contributed by atoms with Gasteiger partial charge in [-0.25, -0.2) is 23.4 Å². The van der Waals surface area contributed by atoms with Crippen molar-refractivity contribution in [2.45, 2.75) is 11.2 Å². The molecule has 1 fully saturated rings. The van der Waals surface area contributed by atoms with Crippen LogP contribution in [-0.4, -0.2) is 58.4 Å². The summed E-state index contributed by atoms with van der Waals surface area (Å²) in [6.07, 6.45) is -1.91. The molecule has 0 aliphatic carbocycles. The number of hydrogen-bond acceptors (Lipinski definition) is 6. The summed E-state index contributed by atoms with van der Waals surface area (Å²) >= 11 is 0. The van der Waals surface area contributed by atoms with Crippen molar-refractivity contribution in [2.24, 2.45) is 7.05 Å². The van der Waals surface area contributed by atoms with Gasteiger partial charge >= 0.3 is 6.18 Å². The summed E-state index contributed by atoms with van der Waals surface area (Å²) in [7, 11) is -2.15. The Morgan fingerprint density at radius 1 is 1.00 bits per heavy atom. The highest BCUT2D eigenvalue weighted by Gasteiger charge is 2.40. The maximum absolute atomic E-state index is 13.6. The van der Waals surface area contributed by atoms with E-state index in [0.717, 1.165) is 0 Å². The zero-order valence-electron chi connectivity index (χ0n) is 15.3. The molecule has 1 aromatic carbocycles. The average Bonchev–Trinajstić information content (AvgIpc) is 3.13. The fourth-order valence-corrected chi connectivity index (χ4v) is 4.58. The third-order valence-corrected chi connectivity index (χ3v) is 6.43. The van der Waals surface area contributed by atoms with E-state index in [0.29, 0.717) is 5.52 Å². The second kappa shape index (κ2) is 6.95. The second-order valence-electron chi connectivity index (χ2n) is 6.65. The number of benzene rings is 1. The van der Waals surface area contributed by atoms with Crippen LogP contribution in [0.2, 0.25) is 0 Å². The van der Waals surface area contributed by atoms with Crippen molar-refractivity contribution in [3.63, 3.8) is 0 Å². The van der Waals surface area contributed by atoms with E-state index in [2.05, 4.69) is 15.0 Å². The minimum Gasteiger partial charge on any atom is -0.352 e. The van der Waals surface area contributed by atoms with E-state index in [9.17, 15) is 21.6 Å². The number of alkyl halides is 3. The predicted molar refractivity (Wildman–Crippen MR) is 98.7 cm³/mol. The van der Waals surface area contributed by atoms with E-state index in [-0.39, 0.29) is 42.5 Å². The highest BCUT2D eigenvalue weighted by atomic mass is 32.2. The van der Waals surface area contributed by atoms with Crippen molar-refractivity contribution in [3.8, 4) is 0 Å². The van der Waals surface area contributed by atoms with Crippen LogP contribution in [0.3, 0.4) is 0 Å². The number of sulfonamides is 1. The van der Waals surface area contributed by atoms with Crippen LogP contribution >= 0.6 is 0 Å². The first-order valence-electron chi connectivity index (χ1n) is 8.73. The third-order valence-electron chi connectivity index (χ3n) is 4.64. The van der Waals surface area contributed by atoms with E-state index >= 15 is 0 Å². The van der Waals surface area contributed by atoms with Crippen LogP contribution in [0.1, 0.15) is 5.69 Å². The van der Waals surface area contributed by atoms with Gasteiger partial charge in [0.15, 0.2) is 16.5 Å². The SMILES string of the molecule is Cn1cnc(S(=O)(=O)N2CCN(c3nc4ccccc4nc3C(F)(F)F)CC2)c1. The summed E-state index contributed by atoms with van der Waals surface area (Å²) in [5.41, 5.74) is -0.573. The molecule has 29 heavy (non-hydrogen) atoms. The molecular weight excluding hydrogens is 409 g/mol. The van der Waals surface area contributed by atoms with E-state index in [1.807, 2.05) is 0 Å². The highest BCUT2D eigenvalue weighted by molar-refractivity contribution is 7.89. The summed E-state index contributed by atoms with van der Waals surface area (Å²) in [6, 6.07) is 6.33. The number of anilines is 1. The number of aromatic nitrogens is 4. The number of fused-ring (bicyclic) bond motifs is 1. The molecule has 0 unspecified atom stereocenters. The summed E-state index contributed by atoms with van der Waals surface area (Å²) in [5.74, 6) is -0.286. The normalized spacial score (nSPS) is 16.5. The van der Waals surface area contributed by atoms with E-state index in [4.69, 9.17) is 0 Å². The third kappa shape index (κ3) is 3.65. The molecule has 0 spiro atoms. The van der Waals surface area contributed by atoms with E-state index in [1.165, 1.54) is 32.4 Å². The summed E-state index contributed by atoms with van der Waals surface area (Å²) in [6.45, 7) is 0.153. The van der Waals surface area contributed by atoms with Gasteiger partial charge < -0.3 is 9.47 Å². The van der Waals surface area contributed by atoms with Crippen LogP contribution in [0.4, 0.5) is 19.0 Å². The molecule has 3 heterocycles. The van der Waals surface area contributed by atoms with Gasteiger partial charge in [-0.1, -0.05) is 12.1 Å².